The standard InChI is InChI=1S/C8H5Br2NO2/c9-5-2-8(10)4(3-11)1-6(5)13-7(8)12/h2,4,6H,1H2/t4-,6-,8+/m0/s1. The molecule has 1 aliphatic carbocycles. The van der Waals surface area contributed by atoms with Gasteiger partial charge in [0.25, 0.3) is 0 Å². The predicted octanol–water partition coefficient (Wildman–Crippen LogP) is 1.87. The number of hydrogen-bond acceptors (Lipinski definition) is 3. The molecular formula is C8H5Br2NO2. The lowest BCUT2D eigenvalue weighted by molar-refractivity contribution is -0.156. The van der Waals surface area contributed by atoms with Crippen molar-refractivity contribution in [3.8, 4) is 6.07 Å². The maximum absolute atomic E-state index is 11.4. The van der Waals surface area contributed by atoms with Crippen molar-refractivity contribution in [2.75, 3.05) is 0 Å². The van der Waals surface area contributed by atoms with Gasteiger partial charge in [0.1, 0.15) is 6.10 Å². The van der Waals surface area contributed by atoms with Crippen molar-refractivity contribution in [3.63, 3.8) is 0 Å². The molecule has 1 saturated heterocycles. The molecule has 2 aliphatic heterocycles. The van der Waals surface area contributed by atoms with Gasteiger partial charge in [-0.1, -0.05) is 31.9 Å². The molecule has 0 saturated carbocycles. The van der Waals surface area contributed by atoms with Crippen LogP contribution in [-0.2, 0) is 9.53 Å². The quantitative estimate of drug-likeness (QED) is 0.507. The molecule has 0 N–H and O–H groups in total. The molecule has 0 spiro atoms. The molecule has 0 radical (unpaired) electrons. The summed E-state index contributed by atoms with van der Waals surface area (Å²) in [6.45, 7) is 0. The first-order valence-electron chi connectivity index (χ1n) is 3.76. The van der Waals surface area contributed by atoms with Crippen LogP contribution in [-0.4, -0.2) is 16.4 Å². The summed E-state index contributed by atoms with van der Waals surface area (Å²) >= 11 is 6.57. The van der Waals surface area contributed by atoms with E-state index in [2.05, 4.69) is 37.9 Å². The summed E-state index contributed by atoms with van der Waals surface area (Å²) < 4.78 is 4.99. The fraction of sp³-hybridized carbons (Fsp3) is 0.500. The summed E-state index contributed by atoms with van der Waals surface area (Å²) in [7, 11) is 0. The van der Waals surface area contributed by atoms with Crippen molar-refractivity contribution < 1.29 is 9.53 Å². The van der Waals surface area contributed by atoms with E-state index in [4.69, 9.17) is 10.00 Å². The summed E-state index contributed by atoms with van der Waals surface area (Å²) in [5, 5.41) is 8.85. The van der Waals surface area contributed by atoms with Gasteiger partial charge < -0.3 is 4.74 Å². The highest BCUT2D eigenvalue weighted by molar-refractivity contribution is 9.12. The van der Waals surface area contributed by atoms with Gasteiger partial charge in [-0.05, 0) is 6.08 Å². The number of ether oxygens (including phenoxy) is 1. The topological polar surface area (TPSA) is 50.1 Å². The lowest BCUT2D eigenvalue weighted by Gasteiger charge is -2.41. The molecule has 1 fully saturated rings. The first kappa shape index (κ1) is 9.22. The van der Waals surface area contributed by atoms with Crippen LogP contribution < -0.4 is 0 Å². The highest BCUT2D eigenvalue weighted by atomic mass is 79.9. The molecule has 3 rings (SSSR count). The van der Waals surface area contributed by atoms with Crippen molar-refractivity contribution >= 4 is 37.8 Å². The van der Waals surface area contributed by atoms with Gasteiger partial charge in [-0.3, -0.25) is 4.79 Å². The molecule has 3 atom stereocenters. The Hall–Kier alpha value is -0.340. The number of hydrogen-bond donors (Lipinski definition) is 0. The Bertz CT molecular complexity index is 347. The fourth-order valence-electron chi connectivity index (χ4n) is 1.56. The number of alkyl halides is 1. The minimum absolute atomic E-state index is 0.267. The molecule has 5 heteroatoms. The van der Waals surface area contributed by atoms with E-state index in [-0.39, 0.29) is 18.0 Å². The summed E-state index contributed by atoms with van der Waals surface area (Å²) in [5.74, 6) is -0.696. The van der Waals surface area contributed by atoms with E-state index >= 15 is 0 Å². The number of rotatable bonds is 0. The Morgan fingerprint density at radius 3 is 3.08 bits per heavy atom. The number of nitrogens with zero attached hydrogens (tertiary/aromatic N) is 1. The van der Waals surface area contributed by atoms with Crippen LogP contribution in [0.15, 0.2) is 10.6 Å². The van der Waals surface area contributed by atoms with Crippen LogP contribution >= 0.6 is 31.9 Å². The van der Waals surface area contributed by atoms with Crippen LogP contribution in [0.5, 0.6) is 0 Å². The second kappa shape index (κ2) is 2.82. The number of fused-ring (bicyclic) bond motifs is 2. The van der Waals surface area contributed by atoms with Gasteiger partial charge in [-0.2, -0.15) is 5.26 Å². The van der Waals surface area contributed by atoms with Gasteiger partial charge in [0.2, 0.25) is 0 Å². The molecule has 0 amide bonds. The molecule has 3 aliphatic rings. The second-order valence-electron chi connectivity index (χ2n) is 3.11. The van der Waals surface area contributed by atoms with Crippen molar-refractivity contribution in [1.29, 1.82) is 5.26 Å². The predicted molar refractivity (Wildman–Crippen MR) is 52.3 cm³/mol. The SMILES string of the molecule is N#C[C@@H]1C[C@@H]2OC(=O)[C@@]1(Br)C=C2Br. The van der Waals surface area contributed by atoms with Crippen molar-refractivity contribution in [3.05, 3.63) is 10.6 Å². The van der Waals surface area contributed by atoms with Crippen molar-refractivity contribution in [1.82, 2.24) is 0 Å². The number of halogens is 2. The molecule has 68 valence electrons. The smallest absolute Gasteiger partial charge is 0.328 e. The summed E-state index contributed by atoms with van der Waals surface area (Å²) in [6, 6.07) is 2.11. The zero-order valence-electron chi connectivity index (χ0n) is 6.46. The molecule has 2 bridgehead atoms. The third-order valence-corrected chi connectivity index (χ3v) is 4.18. The Labute approximate surface area is 92.0 Å². The zero-order valence-corrected chi connectivity index (χ0v) is 9.63. The number of esters is 1. The molecule has 2 heterocycles. The Morgan fingerprint density at radius 2 is 2.46 bits per heavy atom. The Morgan fingerprint density at radius 1 is 1.77 bits per heavy atom. The number of carbonyl (C=O) groups excluding carboxylic acids is 1. The highest BCUT2D eigenvalue weighted by Crippen LogP contribution is 2.47. The van der Waals surface area contributed by atoms with Crippen LogP contribution in [0.4, 0.5) is 0 Å². The van der Waals surface area contributed by atoms with Crippen LogP contribution in [0.25, 0.3) is 0 Å². The summed E-state index contributed by atoms with van der Waals surface area (Å²) in [4.78, 5) is 11.4. The van der Waals surface area contributed by atoms with Gasteiger partial charge in [-0.15, -0.1) is 0 Å². The fourth-order valence-corrected chi connectivity index (χ4v) is 3.14. The third-order valence-electron chi connectivity index (χ3n) is 2.33. The van der Waals surface area contributed by atoms with E-state index in [0.717, 1.165) is 4.48 Å². The van der Waals surface area contributed by atoms with E-state index < -0.39 is 4.32 Å². The van der Waals surface area contributed by atoms with E-state index in [9.17, 15) is 4.79 Å². The zero-order chi connectivity index (χ0) is 9.64. The normalized spacial score (nSPS) is 42.2. The van der Waals surface area contributed by atoms with Gasteiger partial charge >= 0.3 is 5.97 Å². The minimum atomic E-state index is -0.935. The maximum atomic E-state index is 11.4. The largest absolute Gasteiger partial charge is 0.456 e. The van der Waals surface area contributed by atoms with Crippen molar-refractivity contribution in [2.24, 2.45) is 5.92 Å². The molecule has 13 heavy (non-hydrogen) atoms. The third kappa shape index (κ3) is 1.16. The molecule has 0 aromatic rings. The van der Waals surface area contributed by atoms with Crippen LogP contribution in [0, 0.1) is 17.2 Å². The lowest BCUT2D eigenvalue weighted by atomic mass is 9.81. The Balaban J connectivity index is 2.50. The van der Waals surface area contributed by atoms with E-state index in [0.29, 0.717) is 6.42 Å². The average Bonchev–Trinajstić information content (AvgIpc) is 2.07. The van der Waals surface area contributed by atoms with Gasteiger partial charge in [0.05, 0.1) is 12.0 Å². The molecular weight excluding hydrogens is 302 g/mol. The van der Waals surface area contributed by atoms with Gasteiger partial charge in [0.15, 0.2) is 4.32 Å². The van der Waals surface area contributed by atoms with E-state index in [1.54, 1.807) is 6.08 Å². The first-order chi connectivity index (χ1) is 6.08. The molecule has 3 nitrogen and oxygen atoms in total. The van der Waals surface area contributed by atoms with Gasteiger partial charge in [-0.25, -0.2) is 0 Å². The molecule has 0 aromatic heterocycles. The van der Waals surface area contributed by atoms with E-state index in [1.165, 1.54) is 0 Å². The second-order valence-corrected chi connectivity index (χ2v) is 5.34. The molecule has 0 unspecified atom stereocenters. The summed E-state index contributed by atoms with van der Waals surface area (Å²) in [6.07, 6.45) is 2.02. The number of nitriles is 1. The first-order valence-corrected chi connectivity index (χ1v) is 5.34. The maximum Gasteiger partial charge on any atom is 0.328 e. The van der Waals surface area contributed by atoms with Crippen LogP contribution in [0.2, 0.25) is 0 Å². The lowest BCUT2D eigenvalue weighted by Crippen LogP contribution is -2.51. The number of carbonyl (C=O) groups is 1. The van der Waals surface area contributed by atoms with Crippen molar-refractivity contribution in [2.45, 2.75) is 16.8 Å². The summed E-state index contributed by atoms with van der Waals surface area (Å²) in [5.41, 5.74) is 0. The van der Waals surface area contributed by atoms with Crippen LogP contribution in [0.1, 0.15) is 6.42 Å². The highest BCUT2D eigenvalue weighted by Gasteiger charge is 2.54. The minimum Gasteiger partial charge on any atom is -0.456 e. The molecule has 0 aromatic carbocycles. The Kier molecular flexibility index (Phi) is 2.00. The van der Waals surface area contributed by atoms with Gasteiger partial charge in [0, 0.05) is 10.9 Å². The monoisotopic (exact) mass is 305 g/mol. The average molecular weight is 307 g/mol. The van der Waals surface area contributed by atoms with Crippen LogP contribution in [0.3, 0.4) is 0 Å². The van der Waals surface area contributed by atoms with E-state index in [1.807, 2.05) is 0 Å².